The van der Waals surface area contributed by atoms with Gasteiger partial charge < -0.3 is 14.6 Å². The van der Waals surface area contributed by atoms with E-state index in [1.807, 2.05) is 6.92 Å². The molecule has 0 amide bonds. The molecule has 0 radical (unpaired) electrons. The SMILES string of the molecule is C=C(CC(=O)[O-])C(=O)OC(CCC)CCCC. The summed E-state index contributed by atoms with van der Waals surface area (Å²) < 4.78 is 5.23. The number of rotatable bonds is 9. The van der Waals surface area contributed by atoms with Crippen LogP contribution in [0.3, 0.4) is 0 Å². The molecule has 0 aliphatic heterocycles. The van der Waals surface area contributed by atoms with Crippen molar-refractivity contribution in [2.45, 2.75) is 58.5 Å². The molecule has 4 nitrogen and oxygen atoms in total. The Balaban J connectivity index is 4.18. The van der Waals surface area contributed by atoms with Crippen molar-refractivity contribution in [2.75, 3.05) is 0 Å². The number of carboxylic acid groups (broad SMARTS) is 1. The van der Waals surface area contributed by atoms with Crippen molar-refractivity contribution in [1.29, 1.82) is 0 Å². The molecule has 4 heteroatoms. The highest BCUT2D eigenvalue weighted by molar-refractivity contribution is 5.92. The molecule has 0 bridgehead atoms. The summed E-state index contributed by atoms with van der Waals surface area (Å²) in [6.45, 7) is 7.48. The van der Waals surface area contributed by atoms with Crippen LogP contribution in [-0.2, 0) is 14.3 Å². The van der Waals surface area contributed by atoms with E-state index in [1.54, 1.807) is 0 Å². The first-order valence-corrected chi connectivity index (χ1v) is 6.09. The molecule has 0 aromatic carbocycles. The van der Waals surface area contributed by atoms with E-state index in [-0.39, 0.29) is 11.7 Å². The molecule has 0 aromatic rings. The van der Waals surface area contributed by atoms with Gasteiger partial charge in [-0.1, -0.05) is 39.7 Å². The average molecular weight is 241 g/mol. The molecule has 0 fully saturated rings. The van der Waals surface area contributed by atoms with Crippen LogP contribution in [0.1, 0.15) is 52.4 Å². The zero-order valence-corrected chi connectivity index (χ0v) is 10.7. The molecule has 0 saturated carbocycles. The Kier molecular flexibility index (Phi) is 8.11. The van der Waals surface area contributed by atoms with E-state index in [4.69, 9.17) is 4.74 Å². The molecule has 0 aliphatic rings. The summed E-state index contributed by atoms with van der Waals surface area (Å²) in [6.07, 6.45) is 3.97. The molecule has 0 heterocycles. The van der Waals surface area contributed by atoms with Gasteiger partial charge in [0.25, 0.3) is 0 Å². The average Bonchev–Trinajstić information content (AvgIpc) is 2.25. The zero-order valence-electron chi connectivity index (χ0n) is 10.7. The molecule has 17 heavy (non-hydrogen) atoms. The second-order valence-corrected chi connectivity index (χ2v) is 4.11. The number of ether oxygens (including phenoxy) is 1. The molecule has 0 aliphatic carbocycles. The Hall–Kier alpha value is -1.32. The summed E-state index contributed by atoms with van der Waals surface area (Å²) in [5.74, 6) is -1.93. The lowest BCUT2D eigenvalue weighted by Crippen LogP contribution is -2.26. The molecule has 98 valence electrons. The van der Waals surface area contributed by atoms with Gasteiger partial charge in [0.1, 0.15) is 6.10 Å². The number of carbonyl (C=O) groups excluding carboxylic acids is 2. The lowest BCUT2D eigenvalue weighted by atomic mass is 10.1. The smallest absolute Gasteiger partial charge is 0.334 e. The topological polar surface area (TPSA) is 66.4 Å². The normalized spacial score (nSPS) is 11.9. The minimum Gasteiger partial charge on any atom is -0.550 e. The fourth-order valence-electron chi connectivity index (χ4n) is 1.50. The number of carboxylic acids is 1. The van der Waals surface area contributed by atoms with Crippen LogP contribution in [0.15, 0.2) is 12.2 Å². The van der Waals surface area contributed by atoms with Gasteiger partial charge in [-0.3, -0.25) is 0 Å². The van der Waals surface area contributed by atoms with Crippen molar-refractivity contribution in [3.63, 3.8) is 0 Å². The molecular weight excluding hydrogens is 220 g/mol. The third-order valence-electron chi connectivity index (χ3n) is 2.41. The molecule has 0 aromatic heterocycles. The van der Waals surface area contributed by atoms with Crippen molar-refractivity contribution < 1.29 is 19.4 Å². The molecule has 0 N–H and O–H groups in total. The Morgan fingerprint density at radius 3 is 2.35 bits per heavy atom. The number of aliphatic carboxylic acids is 1. The van der Waals surface area contributed by atoms with E-state index >= 15 is 0 Å². The van der Waals surface area contributed by atoms with Crippen molar-refractivity contribution in [3.05, 3.63) is 12.2 Å². The fourth-order valence-corrected chi connectivity index (χ4v) is 1.50. The minimum absolute atomic E-state index is 0.0531. The lowest BCUT2D eigenvalue weighted by molar-refractivity contribution is -0.304. The van der Waals surface area contributed by atoms with E-state index in [2.05, 4.69) is 13.5 Å². The number of esters is 1. The standard InChI is InChI=1S/C13H22O4/c1-4-6-8-11(7-5-2)17-13(16)10(3)9-12(14)15/h11H,3-9H2,1-2H3,(H,14,15)/p-1. The van der Waals surface area contributed by atoms with Crippen molar-refractivity contribution in [3.8, 4) is 0 Å². The van der Waals surface area contributed by atoms with Gasteiger partial charge in [0, 0.05) is 18.0 Å². The quantitative estimate of drug-likeness (QED) is 0.454. The Labute approximate surface area is 103 Å². The number of hydrogen-bond acceptors (Lipinski definition) is 4. The molecule has 1 atom stereocenters. The largest absolute Gasteiger partial charge is 0.550 e. The van der Waals surface area contributed by atoms with E-state index < -0.39 is 18.4 Å². The maximum absolute atomic E-state index is 11.5. The first kappa shape index (κ1) is 15.7. The third-order valence-corrected chi connectivity index (χ3v) is 2.41. The molecular formula is C13H21O4-. The lowest BCUT2D eigenvalue weighted by Gasteiger charge is -2.17. The monoisotopic (exact) mass is 241 g/mol. The van der Waals surface area contributed by atoms with E-state index in [1.165, 1.54) is 0 Å². The molecule has 1 unspecified atom stereocenters. The highest BCUT2D eigenvalue weighted by atomic mass is 16.5. The summed E-state index contributed by atoms with van der Waals surface area (Å²) in [5.41, 5.74) is -0.0531. The molecule has 0 spiro atoms. The Morgan fingerprint density at radius 1 is 1.24 bits per heavy atom. The summed E-state index contributed by atoms with van der Waals surface area (Å²) in [6, 6.07) is 0. The van der Waals surface area contributed by atoms with Gasteiger partial charge in [0.15, 0.2) is 0 Å². The summed E-state index contributed by atoms with van der Waals surface area (Å²) in [7, 11) is 0. The summed E-state index contributed by atoms with van der Waals surface area (Å²) >= 11 is 0. The molecule has 0 saturated heterocycles. The Bertz CT molecular complexity index is 271. The van der Waals surface area contributed by atoms with E-state index in [0.717, 1.165) is 32.1 Å². The van der Waals surface area contributed by atoms with Crippen molar-refractivity contribution in [2.24, 2.45) is 0 Å². The zero-order chi connectivity index (χ0) is 13.3. The maximum atomic E-state index is 11.5. The minimum atomic E-state index is -1.31. The van der Waals surface area contributed by atoms with Gasteiger partial charge in [0.05, 0.1) is 0 Å². The highest BCUT2D eigenvalue weighted by Gasteiger charge is 2.15. The van der Waals surface area contributed by atoms with Gasteiger partial charge >= 0.3 is 5.97 Å². The maximum Gasteiger partial charge on any atom is 0.334 e. The van der Waals surface area contributed by atoms with Gasteiger partial charge in [-0.25, -0.2) is 4.79 Å². The van der Waals surface area contributed by atoms with E-state index in [0.29, 0.717) is 0 Å². The van der Waals surface area contributed by atoms with Gasteiger partial charge in [-0.15, -0.1) is 0 Å². The number of hydrogen-bond donors (Lipinski definition) is 0. The number of carbonyl (C=O) groups is 2. The van der Waals surface area contributed by atoms with Crippen LogP contribution in [0.4, 0.5) is 0 Å². The van der Waals surface area contributed by atoms with Gasteiger partial charge in [-0.2, -0.15) is 0 Å². The van der Waals surface area contributed by atoms with Gasteiger partial charge in [0.2, 0.25) is 0 Å². The van der Waals surface area contributed by atoms with Crippen LogP contribution in [0.2, 0.25) is 0 Å². The van der Waals surface area contributed by atoms with Crippen molar-refractivity contribution >= 4 is 11.9 Å². The fraction of sp³-hybridized carbons (Fsp3) is 0.692. The third kappa shape index (κ3) is 7.55. The van der Waals surface area contributed by atoms with Crippen LogP contribution in [0, 0.1) is 0 Å². The predicted octanol–water partition coefficient (Wildman–Crippen LogP) is 1.58. The number of unbranched alkanes of at least 4 members (excludes halogenated alkanes) is 1. The summed E-state index contributed by atoms with van der Waals surface area (Å²) in [4.78, 5) is 21.8. The van der Waals surface area contributed by atoms with Crippen LogP contribution in [0.25, 0.3) is 0 Å². The van der Waals surface area contributed by atoms with Crippen LogP contribution in [0.5, 0.6) is 0 Å². The predicted molar refractivity (Wildman–Crippen MR) is 63.1 cm³/mol. The van der Waals surface area contributed by atoms with Crippen LogP contribution in [-0.4, -0.2) is 18.0 Å². The van der Waals surface area contributed by atoms with Crippen molar-refractivity contribution in [1.82, 2.24) is 0 Å². The highest BCUT2D eigenvalue weighted by Crippen LogP contribution is 2.13. The van der Waals surface area contributed by atoms with Crippen LogP contribution >= 0.6 is 0 Å². The van der Waals surface area contributed by atoms with Crippen LogP contribution < -0.4 is 5.11 Å². The second kappa shape index (κ2) is 8.79. The second-order valence-electron chi connectivity index (χ2n) is 4.11. The van der Waals surface area contributed by atoms with Gasteiger partial charge in [-0.05, 0) is 12.8 Å². The van der Waals surface area contributed by atoms with E-state index in [9.17, 15) is 14.7 Å². The first-order chi connectivity index (χ1) is 8.01. The Morgan fingerprint density at radius 2 is 1.88 bits per heavy atom. The summed E-state index contributed by atoms with van der Waals surface area (Å²) in [5, 5.41) is 10.3. The first-order valence-electron chi connectivity index (χ1n) is 6.09. The molecule has 0 rings (SSSR count).